The van der Waals surface area contributed by atoms with Crippen molar-refractivity contribution in [3.8, 4) is 0 Å². The van der Waals surface area contributed by atoms with Gasteiger partial charge in [0, 0.05) is 18.0 Å². The second-order valence-electron chi connectivity index (χ2n) is 5.03. The fourth-order valence-electron chi connectivity index (χ4n) is 2.46. The predicted molar refractivity (Wildman–Crippen MR) is 78.2 cm³/mol. The van der Waals surface area contributed by atoms with Crippen molar-refractivity contribution in [2.24, 2.45) is 0 Å². The lowest BCUT2D eigenvalue weighted by atomic mass is 10.2. The SMILES string of the molecule is C[C@@H]1CN(CCCSc2ccccc2)C[C@@H](C)O1. The minimum atomic E-state index is 0.385. The number of thioether (sulfide) groups is 1. The van der Waals surface area contributed by atoms with E-state index >= 15 is 0 Å². The van der Waals surface area contributed by atoms with Crippen molar-refractivity contribution in [2.75, 3.05) is 25.4 Å². The second kappa shape index (κ2) is 7.17. The molecule has 0 radical (unpaired) electrons. The standard InChI is InChI=1S/C15H23NOS/c1-13-11-16(12-14(2)17-13)9-6-10-18-15-7-4-3-5-8-15/h3-5,7-8,13-14H,6,9-12H2,1-2H3/t13-,14-/m1/s1. The third-order valence-electron chi connectivity index (χ3n) is 3.13. The van der Waals surface area contributed by atoms with Crippen LogP contribution in [0.4, 0.5) is 0 Å². The van der Waals surface area contributed by atoms with Crippen molar-refractivity contribution in [3.05, 3.63) is 30.3 Å². The Hall–Kier alpha value is -0.510. The lowest BCUT2D eigenvalue weighted by Gasteiger charge is -2.35. The molecule has 3 heteroatoms. The van der Waals surface area contributed by atoms with Crippen LogP contribution in [0, 0.1) is 0 Å². The predicted octanol–water partition coefficient (Wildman–Crippen LogP) is 3.28. The maximum absolute atomic E-state index is 5.75. The first-order valence-electron chi connectivity index (χ1n) is 6.79. The number of nitrogens with zero attached hydrogens (tertiary/aromatic N) is 1. The topological polar surface area (TPSA) is 12.5 Å². The third-order valence-corrected chi connectivity index (χ3v) is 4.22. The summed E-state index contributed by atoms with van der Waals surface area (Å²) in [7, 11) is 0. The van der Waals surface area contributed by atoms with E-state index in [4.69, 9.17) is 4.74 Å². The van der Waals surface area contributed by atoms with Gasteiger partial charge < -0.3 is 4.74 Å². The Morgan fingerprint density at radius 3 is 2.50 bits per heavy atom. The summed E-state index contributed by atoms with van der Waals surface area (Å²) in [6.07, 6.45) is 2.02. The Balaban J connectivity index is 1.63. The molecule has 2 atom stereocenters. The molecule has 0 aliphatic carbocycles. The van der Waals surface area contributed by atoms with Gasteiger partial charge in [-0.2, -0.15) is 0 Å². The molecule has 1 aromatic rings. The van der Waals surface area contributed by atoms with E-state index in [9.17, 15) is 0 Å². The van der Waals surface area contributed by atoms with E-state index in [1.54, 1.807) is 0 Å². The molecule has 0 bridgehead atoms. The fourth-order valence-corrected chi connectivity index (χ4v) is 3.32. The monoisotopic (exact) mass is 265 g/mol. The van der Waals surface area contributed by atoms with E-state index in [0.29, 0.717) is 12.2 Å². The van der Waals surface area contributed by atoms with Gasteiger partial charge in [-0.3, -0.25) is 4.90 Å². The molecule has 1 heterocycles. The molecule has 100 valence electrons. The molecule has 0 saturated carbocycles. The zero-order valence-corrected chi connectivity index (χ0v) is 12.2. The van der Waals surface area contributed by atoms with E-state index in [-0.39, 0.29) is 0 Å². The van der Waals surface area contributed by atoms with Gasteiger partial charge in [-0.05, 0) is 44.7 Å². The van der Waals surface area contributed by atoms with Crippen molar-refractivity contribution in [3.63, 3.8) is 0 Å². The van der Waals surface area contributed by atoms with E-state index in [1.807, 2.05) is 11.8 Å². The summed E-state index contributed by atoms with van der Waals surface area (Å²) in [6, 6.07) is 10.6. The fraction of sp³-hybridized carbons (Fsp3) is 0.600. The summed E-state index contributed by atoms with van der Waals surface area (Å²) in [5.41, 5.74) is 0. The van der Waals surface area contributed by atoms with Gasteiger partial charge >= 0.3 is 0 Å². The maximum atomic E-state index is 5.75. The van der Waals surface area contributed by atoms with Gasteiger partial charge in [0.2, 0.25) is 0 Å². The highest BCUT2D eigenvalue weighted by Gasteiger charge is 2.21. The molecule has 1 fully saturated rings. The quantitative estimate of drug-likeness (QED) is 0.599. The molecule has 1 aromatic carbocycles. The van der Waals surface area contributed by atoms with Gasteiger partial charge in [0.05, 0.1) is 12.2 Å². The maximum Gasteiger partial charge on any atom is 0.0678 e. The van der Waals surface area contributed by atoms with Crippen molar-refractivity contribution in [1.29, 1.82) is 0 Å². The van der Waals surface area contributed by atoms with E-state index in [2.05, 4.69) is 49.1 Å². The van der Waals surface area contributed by atoms with Crippen molar-refractivity contribution in [1.82, 2.24) is 4.90 Å². The number of benzene rings is 1. The number of ether oxygens (including phenoxy) is 1. The Morgan fingerprint density at radius 2 is 1.83 bits per heavy atom. The Labute approximate surface area is 115 Å². The van der Waals surface area contributed by atoms with Crippen LogP contribution in [0.15, 0.2) is 35.2 Å². The van der Waals surface area contributed by atoms with Gasteiger partial charge in [0.25, 0.3) is 0 Å². The molecule has 0 N–H and O–H groups in total. The van der Waals surface area contributed by atoms with Gasteiger partial charge in [0.1, 0.15) is 0 Å². The van der Waals surface area contributed by atoms with Gasteiger partial charge in [-0.15, -0.1) is 11.8 Å². The molecule has 0 amide bonds. The molecule has 0 aromatic heterocycles. The zero-order valence-electron chi connectivity index (χ0n) is 11.3. The van der Waals surface area contributed by atoms with Crippen LogP contribution in [0.25, 0.3) is 0 Å². The average Bonchev–Trinajstić information content (AvgIpc) is 2.35. The average molecular weight is 265 g/mol. The number of morpholine rings is 1. The van der Waals surface area contributed by atoms with E-state index in [0.717, 1.165) is 13.1 Å². The summed E-state index contributed by atoms with van der Waals surface area (Å²) in [6.45, 7) is 7.70. The molecule has 1 aliphatic rings. The third kappa shape index (κ3) is 4.63. The molecular weight excluding hydrogens is 242 g/mol. The smallest absolute Gasteiger partial charge is 0.0678 e. The summed E-state index contributed by atoms with van der Waals surface area (Å²) in [5.74, 6) is 1.20. The Kier molecular flexibility index (Phi) is 5.54. The van der Waals surface area contributed by atoms with Crippen molar-refractivity contribution >= 4 is 11.8 Å². The van der Waals surface area contributed by atoms with Crippen LogP contribution in [0.2, 0.25) is 0 Å². The number of hydrogen-bond acceptors (Lipinski definition) is 3. The summed E-state index contributed by atoms with van der Waals surface area (Å²) < 4.78 is 5.75. The van der Waals surface area contributed by atoms with E-state index in [1.165, 1.54) is 23.6 Å². The van der Waals surface area contributed by atoms with E-state index < -0.39 is 0 Å². The highest BCUT2D eigenvalue weighted by molar-refractivity contribution is 7.99. The lowest BCUT2D eigenvalue weighted by Crippen LogP contribution is -2.45. The molecule has 1 saturated heterocycles. The second-order valence-corrected chi connectivity index (χ2v) is 6.20. The van der Waals surface area contributed by atoms with Crippen molar-refractivity contribution < 1.29 is 4.74 Å². The van der Waals surface area contributed by atoms with Gasteiger partial charge in [-0.1, -0.05) is 18.2 Å². The molecule has 18 heavy (non-hydrogen) atoms. The normalized spacial score (nSPS) is 25.2. The Morgan fingerprint density at radius 1 is 1.17 bits per heavy atom. The zero-order chi connectivity index (χ0) is 12.8. The minimum absolute atomic E-state index is 0.385. The first-order valence-corrected chi connectivity index (χ1v) is 7.78. The minimum Gasteiger partial charge on any atom is -0.373 e. The van der Waals surface area contributed by atoms with Gasteiger partial charge in [0.15, 0.2) is 0 Å². The van der Waals surface area contributed by atoms with Crippen molar-refractivity contribution in [2.45, 2.75) is 37.4 Å². The molecule has 2 nitrogen and oxygen atoms in total. The Bertz CT molecular complexity index is 334. The van der Waals surface area contributed by atoms with Crippen LogP contribution in [0.5, 0.6) is 0 Å². The van der Waals surface area contributed by atoms with Crippen LogP contribution < -0.4 is 0 Å². The number of rotatable bonds is 5. The molecule has 0 unspecified atom stereocenters. The molecular formula is C15H23NOS. The lowest BCUT2D eigenvalue weighted by molar-refractivity contribution is -0.0677. The summed E-state index contributed by atoms with van der Waals surface area (Å²) in [4.78, 5) is 3.91. The van der Waals surface area contributed by atoms with Crippen LogP contribution in [-0.4, -0.2) is 42.5 Å². The molecule has 0 spiro atoms. The largest absolute Gasteiger partial charge is 0.373 e. The van der Waals surface area contributed by atoms with Crippen LogP contribution in [0.1, 0.15) is 20.3 Å². The first kappa shape index (κ1) is 13.9. The molecule has 2 rings (SSSR count). The van der Waals surface area contributed by atoms with Crippen LogP contribution in [0.3, 0.4) is 0 Å². The van der Waals surface area contributed by atoms with Gasteiger partial charge in [-0.25, -0.2) is 0 Å². The number of hydrogen-bond donors (Lipinski definition) is 0. The van der Waals surface area contributed by atoms with Crippen LogP contribution >= 0.6 is 11.8 Å². The highest BCUT2D eigenvalue weighted by atomic mass is 32.2. The summed E-state index contributed by atoms with van der Waals surface area (Å²) >= 11 is 1.95. The van der Waals surface area contributed by atoms with Crippen LogP contribution in [-0.2, 0) is 4.74 Å². The first-order chi connectivity index (χ1) is 8.74. The summed E-state index contributed by atoms with van der Waals surface area (Å²) in [5, 5.41) is 0. The molecule has 1 aliphatic heterocycles. The highest BCUT2D eigenvalue weighted by Crippen LogP contribution is 2.18.